The SMILES string of the molecule is C=CCn1c(SCC(=O)Nc2sc(C)c(-c3ccccc3)c2C(=O)OC)nnc1-c1ccc(Cl)cc1Cl. The lowest BCUT2D eigenvalue weighted by Crippen LogP contribution is -2.16. The summed E-state index contributed by atoms with van der Waals surface area (Å²) < 4.78 is 6.85. The zero-order valence-electron chi connectivity index (χ0n) is 20.0. The molecule has 0 aliphatic carbocycles. The van der Waals surface area contributed by atoms with Crippen molar-refractivity contribution in [2.24, 2.45) is 0 Å². The maximum absolute atomic E-state index is 13.0. The summed E-state index contributed by atoms with van der Waals surface area (Å²) in [5, 5.41) is 13.3. The van der Waals surface area contributed by atoms with Crippen LogP contribution < -0.4 is 5.32 Å². The Morgan fingerprint density at radius 1 is 1.19 bits per heavy atom. The summed E-state index contributed by atoms with van der Waals surface area (Å²) in [5.41, 5.74) is 2.62. The van der Waals surface area contributed by atoms with Crippen LogP contribution in [0.4, 0.5) is 5.00 Å². The maximum Gasteiger partial charge on any atom is 0.341 e. The smallest absolute Gasteiger partial charge is 0.341 e. The maximum atomic E-state index is 13.0. The molecular formula is C26H22Cl2N4O3S2. The lowest BCUT2D eigenvalue weighted by Gasteiger charge is -2.10. The van der Waals surface area contributed by atoms with Crippen LogP contribution in [0.15, 0.2) is 66.3 Å². The van der Waals surface area contributed by atoms with Crippen LogP contribution in [0.3, 0.4) is 0 Å². The van der Waals surface area contributed by atoms with Gasteiger partial charge >= 0.3 is 5.97 Å². The van der Waals surface area contributed by atoms with Crippen molar-refractivity contribution in [3.05, 3.63) is 81.7 Å². The van der Waals surface area contributed by atoms with Gasteiger partial charge in [0.2, 0.25) is 5.91 Å². The van der Waals surface area contributed by atoms with Gasteiger partial charge < -0.3 is 10.1 Å². The first-order chi connectivity index (χ1) is 17.8. The molecule has 0 spiro atoms. The molecule has 0 bridgehead atoms. The van der Waals surface area contributed by atoms with Crippen molar-refractivity contribution in [1.29, 1.82) is 0 Å². The lowest BCUT2D eigenvalue weighted by atomic mass is 10.0. The summed E-state index contributed by atoms with van der Waals surface area (Å²) in [6.45, 7) is 6.13. The van der Waals surface area contributed by atoms with Crippen LogP contribution in [0.25, 0.3) is 22.5 Å². The highest BCUT2D eigenvalue weighted by Crippen LogP contribution is 2.40. The molecule has 37 heavy (non-hydrogen) atoms. The zero-order valence-corrected chi connectivity index (χ0v) is 23.1. The van der Waals surface area contributed by atoms with Crippen LogP contribution in [0.5, 0.6) is 0 Å². The molecule has 2 heterocycles. The third-order valence-corrected chi connectivity index (χ3v) is 7.86. The van der Waals surface area contributed by atoms with E-state index in [1.54, 1.807) is 24.3 Å². The molecule has 0 atom stereocenters. The van der Waals surface area contributed by atoms with Crippen LogP contribution in [0, 0.1) is 6.92 Å². The molecule has 4 aromatic rings. The van der Waals surface area contributed by atoms with Gasteiger partial charge in [-0.05, 0) is 30.7 Å². The Morgan fingerprint density at radius 3 is 2.62 bits per heavy atom. The van der Waals surface area contributed by atoms with Gasteiger partial charge in [0.15, 0.2) is 11.0 Å². The Hall–Kier alpha value is -3.11. The zero-order chi connectivity index (χ0) is 26.5. The topological polar surface area (TPSA) is 86.1 Å². The number of carbonyl (C=O) groups is 2. The molecule has 0 fully saturated rings. The van der Waals surface area contributed by atoms with E-state index in [9.17, 15) is 9.59 Å². The van der Waals surface area contributed by atoms with Crippen molar-refractivity contribution in [1.82, 2.24) is 14.8 Å². The Balaban J connectivity index is 1.56. The van der Waals surface area contributed by atoms with E-state index in [0.717, 1.165) is 16.0 Å². The summed E-state index contributed by atoms with van der Waals surface area (Å²) in [7, 11) is 1.32. The molecule has 1 N–H and O–H groups in total. The second-order valence-electron chi connectivity index (χ2n) is 7.76. The quantitative estimate of drug-likeness (QED) is 0.132. The normalized spacial score (nSPS) is 10.8. The first kappa shape index (κ1) is 26.9. The van der Waals surface area contributed by atoms with Crippen LogP contribution in [-0.4, -0.2) is 39.5 Å². The number of hydrogen-bond acceptors (Lipinski definition) is 7. The molecule has 0 saturated carbocycles. The number of carbonyl (C=O) groups excluding carboxylic acids is 2. The van der Waals surface area contributed by atoms with Gasteiger partial charge in [0, 0.05) is 27.6 Å². The number of anilines is 1. The van der Waals surface area contributed by atoms with Gasteiger partial charge in [0.1, 0.15) is 10.6 Å². The van der Waals surface area contributed by atoms with Gasteiger partial charge in [-0.15, -0.1) is 28.1 Å². The highest BCUT2D eigenvalue weighted by Gasteiger charge is 2.25. The molecule has 0 unspecified atom stereocenters. The number of benzene rings is 2. The first-order valence-electron chi connectivity index (χ1n) is 11.0. The highest BCUT2D eigenvalue weighted by molar-refractivity contribution is 7.99. The molecule has 0 radical (unpaired) electrons. The number of rotatable bonds is 9. The van der Waals surface area contributed by atoms with Crippen molar-refractivity contribution in [2.45, 2.75) is 18.6 Å². The minimum atomic E-state index is -0.513. The third kappa shape index (κ3) is 5.91. The van der Waals surface area contributed by atoms with E-state index in [0.29, 0.717) is 43.7 Å². The third-order valence-electron chi connectivity index (χ3n) is 5.32. The number of ether oxygens (including phenoxy) is 1. The standard InChI is InChI=1S/C26H22Cl2N4O3S2/c1-4-12-32-23(18-11-10-17(27)13-19(18)28)30-31-26(32)36-14-20(33)29-24-22(25(34)35-3)21(15(2)37-24)16-8-6-5-7-9-16/h4-11,13H,1,12,14H2,2-3H3,(H,29,33). The Labute approximate surface area is 232 Å². The largest absolute Gasteiger partial charge is 0.465 e. The minimum absolute atomic E-state index is 0.0435. The lowest BCUT2D eigenvalue weighted by molar-refractivity contribution is -0.113. The second-order valence-corrected chi connectivity index (χ2v) is 10.8. The van der Waals surface area contributed by atoms with Crippen molar-refractivity contribution in [3.63, 3.8) is 0 Å². The fourth-order valence-corrected chi connectivity index (χ4v) is 6.06. The van der Waals surface area contributed by atoms with Crippen LogP contribution in [-0.2, 0) is 16.1 Å². The molecule has 2 aromatic carbocycles. The van der Waals surface area contributed by atoms with Crippen LogP contribution in [0.2, 0.25) is 10.0 Å². The summed E-state index contributed by atoms with van der Waals surface area (Å²) in [4.78, 5) is 26.5. The van der Waals surface area contributed by atoms with E-state index < -0.39 is 5.97 Å². The number of allylic oxidation sites excluding steroid dienone is 1. The number of esters is 1. The molecule has 7 nitrogen and oxygen atoms in total. The number of hydrogen-bond donors (Lipinski definition) is 1. The second kappa shape index (κ2) is 12.0. The van der Waals surface area contributed by atoms with Crippen LogP contribution in [0.1, 0.15) is 15.2 Å². The number of methoxy groups -OCH3 is 1. The molecule has 0 aliphatic rings. The van der Waals surface area contributed by atoms with Gasteiger partial charge in [0.05, 0.1) is 17.9 Å². The number of nitrogens with zero attached hydrogens (tertiary/aromatic N) is 3. The average molecular weight is 574 g/mol. The molecule has 1 amide bonds. The van der Waals surface area contributed by atoms with Gasteiger partial charge in [-0.3, -0.25) is 9.36 Å². The number of halogens is 2. The Kier molecular flexibility index (Phi) is 8.71. The fraction of sp³-hybridized carbons (Fsp3) is 0.154. The van der Waals surface area contributed by atoms with Gasteiger partial charge in [-0.25, -0.2) is 4.79 Å². The van der Waals surface area contributed by atoms with Gasteiger partial charge in [0.25, 0.3) is 0 Å². The summed E-state index contributed by atoms with van der Waals surface area (Å²) in [5.74, 6) is -0.225. The molecule has 4 rings (SSSR count). The Bertz CT molecular complexity index is 1470. The summed E-state index contributed by atoms with van der Waals surface area (Å²) in [6, 6.07) is 14.7. The Morgan fingerprint density at radius 2 is 1.95 bits per heavy atom. The number of aromatic nitrogens is 3. The van der Waals surface area contributed by atoms with E-state index in [1.165, 1.54) is 30.2 Å². The number of amides is 1. The average Bonchev–Trinajstić information content (AvgIpc) is 3.43. The van der Waals surface area contributed by atoms with Crippen molar-refractivity contribution >= 4 is 63.2 Å². The van der Waals surface area contributed by atoms with Crippen molar-refractivity contribution in [2.75, 3.05) is 18.2 Å². The van der Waals surface area contributed by atoms with Crippen molar-refractivity contribution < 1.29 is 14.3 Å². The predicted octanol–water partition coefficient (Wildman–Crippen LogP) is 6.99. The fourth-order valence-electron chi connectivity index (χ4n) is 3.73. The number of thioether (sulfide) groups is 1. The summed E-state index contributed by atoms with van der Waals surface area (Å²) >= 11 is 14.9. The van der Waals surface area contributed by atoms with Crippen LogP contribution >= 0.6 is 46.3 Å². The predicted molar refractivity (Wildman–Crippen MR) is 151 cm³/mol. The monoisotopic (exact) mass is 572 g/mol. The van der Waals surface area contributed by atoms with E-state index in [2.05, 4.69) is 22.1 Å². The van der Waals surface area contributed by atoms with Gasteiger partial charge in [-0.2, -0.15) is 0 Å². The molecule has 0 aliphatic heterocycles. The first-order valence-corrected chi connectivity index (χ1v) is 13.6. The molecule has 190 valence electrons. The van der Waals surface area contributed by atoms with E-state index in [4.69, 9.17) is 27.9 Å². The van der Waals surface area contributed by atoms with Crippen molar-refractivity contribution in [3.8, 4) is 22.5 Å². The number of thiophene rings is 1. The van der Waals surface area contributed by atoms with E-state index in [-0.39, 0.29) is 11.7 Å². The van der Waals surface area contributed by atoms with Gasteiger partial charge in [-0.1, -0.05) is 71.4 Å². The number of aryl methyl sites for hydroxylation is 1. The van der Waals surface area contributed by atoms with E-state index in [1.807, 2.05) is 41.8 Å². The molecule has 0 saturated heterocycles. The highest BCUT2D eigenvalue weighted by atomic mass is 35.5. The molecular weight excluding hydrogens is 551 g/mol. The summed E-state index contributed by atoms with van der Waals surface area (Å²) in [6.07, 6.45) is 1.71. The van der Waals surface area contributed by atoms with E-state index >= 15 is 0 Å². The minimum Gasteiger partial charge on any atom is -0.465 e. The molecule has 2 aromatic heterocycles. The number of nitrogens with one attached hydrogen (secondary N) is 1. The molecule has 11 heteroatoms.